The highest BCUT2D eigenvalue weighted by atomic mass is 35.5. The summed E-state index contributed by atoms with van der Waals surface area (Å²) in [5.41, 5.74) is 1.39. The van der Waals surface area contributed by atoms with E-state index in [4.69, 9.17) is 11.6 Å². The van der Waals surface area contributed by atoms with Gasteiger partial charge in [-0.15, -0.1) is 0 Å². The van der Waals surface area contributed by atoms with E-state index in [2.05, 4.69) is 5.32 Å². The zero-order chi connectivity index (χ0) is 12.8. The van der Waals surface area contributed by atoms with Gasteiger partial charge in [0.05, 0.1) is 10.6 Å². The lowest BCUT2D eigenvalue weighted by atomic mass is 10.1. The Morgan fingerprint density at radius 3 is 2.56 bits per heavy atom. The summed E-state index contributed by atoms with van der Waals surface area (Å²) in [4.78, 5) is 2.37. The van der Waals surface area contributed by atoms with Gasteiger partial charge in [0.1, 0.15) is 0 Å². The van der Waals surface area contributed by atoms with Crippen molar-refractivity contribution in [2.45, 2.75) is 4.90 Å². The first-order valence-electron chi connectivity index (χ1n) is 5.82. The highest BCUT2D eigenvalue weighted by Crippen LogP contribution is 2.42. The molecule has 0 radical (unpaired) electrons. The third-order valence-electron chi connectivity index (χ3n) is 3.29. The molecule has 3 rings (SSSR count). The lowest BCUT2D eigenvalue weighted by Crippen LogP contribution is -2.42. The Kier molecular flexibility index (Phi) is 2.84. The predicted octanol–water partition coefficient (Wildman–Crippen LogP) is 1.24. The zero-order valence-corrected chi connectivity index (χ0v) is 11.3. The van der Waals surface area contributed by atoms with E-state index in [1.807, 2.05) is 17.0 Å². The van der Waals surface area contributed by atoms with Gasteiger partial charge in [-0.25, -0.2) is 8.42 Å². The molecule has 2 aliphatic heterocycles. The summed E-state index contributed by atoms with van der Waals surface area (Å²) in [5, 5.41) is 3.24. The Hall–Kier alpha value is -1.04. The van der Waals surface area contributed by atoms with Crippen LogP contribution in [0.5, 0.6) is 0 Å². The van der Waals surface area contributed by atoms with Gasteiger partial charge in [-0.3, -0.25) is 0 Å². The third-order valence-corrected chi connectivity index (χ3v) is 5.68. The topological polar surface area (TPSA) is 49.4 Å². The Balaban J connectivity index is 2.16. The van der Waals surface area contributed by atoms with Gasteiger partial charge in [-0.2, -0.15) is 0 Å². The zero-order valence-electron chi connectivity index (χ0n) is 9.69. The Labute approximate surface area is 111 Å². The molecule has 0 unspecified atom stereocenters. The minimum absolute atomic E-state index is 0.0365. The summed E-state index contributed by atoms with van der Waals surface area (Å²) in [5.74, 6) is 0. The van der Waals surface area contributed by atoms with Crippen molar-refractivity contribution in [1.29, 1.82) is 0 Å². The second-order valence-electron chi connectivity index (χ2n) is 4.36. The van der Waals surface area contributed by atoms with Gasteiger partial charge < -0.3 is 10.2 Å². The summed E-state index contributed by atoms with van der Waals surface area (Å²) in [6.07, 6.45) is 0. The molecule has 1 fully saturated rings. The predicted molar refractivity (Wildman–Crippen MR) is 70.8 cm³/mol. The molecular formula is C12H13ClN2O2S. The van der Waals surface area contributed by atoms with Crippen LogP contribution in [0.3, 0.4) is 0 Å². The van der Waals surface area contributed by atoms with E-state index in [9.17, 15) is 8.42 Å². The van der Waals surface area contributed by atoms with Crippen molar-refractivity contribution in [3.63, 3.8) is 0 Å². The van der Waals surface area contributed by atoms with Gasteiger partial charge in [0.2, 0.25) is 9.84 Å². The molecule has 1 aromatic carbocycles. The molecule has 1 aromatic rings. The number of halogens is 1. The number of hydrogen-bond donors (Lipinski definition) is 1. The van der Waals surface area contributed by atoms with Crippen LogP contribution in [0.2, 0.25) is 0 Å². The van der Waals surface area contributed by atoms with E-state index in [-0.39, 0.29) is 4.36 Å². The van der Waals surface area contributed by atoms with Crippen LogP contribution in [0.15, 0.2) is 33.5 Å². The SMILES string of the molecule is O=S1(=O)C(Cl)=C(N2CCNCC2)c2ccccc21. The molecule has 0 atom stereocenters. The maximum Gasteiger partial charge on any atom is 0.220 e. The van der Waals surface area contributed by atoms with Gasteiger partial charge >= 0.3 is 0 Å². The van der Waals surface area contributed by atoms with Crippen molar-refractivity contribution in [1.82, 2.24) is 10.2 Å². The number of hydrogen-bond acceptors (Lipinski definition) is 4. The number of nitrogens with zero attached hydrogens (tertiary/aromatic N) is 1. The molecule has 0 aliphatic carbocycles. The third kappa shape index (κ3) is 1.66. The first-order valence-corrected chi connectivity index (χ1v) is 7.68. The average Bonchev–Trinajstić information content (AvgIpc) is 2.60. The van der Waals surface area contributed by atoms with Crippen molar-refractivity contribution < 1.29 is 8.42 Å². The molecule has 2 heterocycles. The monoisotopic (exact) mass is 284 g/mol. The molecule has 2 aliphatic rings. The quantitative estimate of drug-likeness (QED) is 0.843. The van der Waals surface area contributed by atoms with Crippen LogP contribution in [0.4, 0.5) is 0 Å². The summed E-state index contributed by atoms with van der Waals surface area (Å²) in [6.45, 7) is 3.23. The standard InChI is InChI=1S/C12H13ClN2O2S/c13-12-11(15-7-5-14-6-8-15)9-3-1-2-4-10(9)18(12,16)17/h1-4,14H,5-8H2. The van der Waals surface area contributed by atoms with Crippen molar-refractivity contribution >= 4 is 27.1 Å². The van der Waals surface area contributed by atoms with Crippen molar-refractivity contribution in [3.05, 3.63) is 34.2 Å². The summed E-state index contributed by atoms with van der Waals surface area (Å²) >= 11 is 6.10. The highest BCUT2D eigenvalue weighted by Gasteiger charge is 2.37. The van der Waals surface area contributed by atoms with Crippen LogP contribution in [0, 0.1) is 0 Å². The lowest BCUT2D eigenvalue weighted by molar-refractivity contribution is 0.340. The number of piperazine rings is 1. The molecule has 1 saturated heterocycles. The summed E-state index contributed by atoms with van der Waals surface area (Å²) in [7, 11) is -3.50. The van der Waals surface area contributed by atoms with E-state index >= 15 is 0 Å². The second-order valence-corrected chi connectivity index (χ2v) is 6.82. The molecule has 0 saturated carbocycles. The number of sulfone groups is 1. The molecule has 0 amide bonds. The fourth-order valence-electron chi connectivity index (χ4n) is 2.41. The number of benzene rings is 1. The van der Waals surface area contributed by atoms with Crippen molar-refractivity contribution in [3.8, 4) is 0 Å². The van der Waals surface area contributed by atoms with Crippen LogP contribution in [-0.2, 0) is 9.84 Å². The van der Waals surface area contributed by atoms with E-state index in [1.54, 1.807) is 12.1 Å². The van der Waals surface area contributed by atoms with Gasteiger partial charge in [0, 0.05) is 31.7 Å². The second kappa shape index (κ2) is 4.26. The average molecular weight is 285 g/mol. The van der Waals surface area contributed by atoms with E-state index < -0.39 is 9.84 Å². The van der Waals surface area contributed by atoms with E-state index in [1.165, 1.54) is 0 Å². The minimum atomic E-state index is -3.50. The molecule has 4 nitrogen and oxygen atoms in total. The van der Waals surface area contributed by atoms with Crippen LogP contribution < -0.4 is 5.32 Å². The van der Waals surface area contributed by atoms with Crippen molar-refractivity contribution in [2.75, 3.05) is 26.2 Å². The van der Waals surface area contributed by atoms with Crippen LogP contribution in [-0.4, -0.2) is 39.5 Å². The largest absolute Gasteiger partial charge is 0.367 e. The first-order chi connectivity index (χ1) is 8.62. The van der Waals surface area contributed by atoms with Gasteiger partial charge in [0.25, 0.3) is 0 Å². The smallest absolute Gasteiger partial charge is 0.220 e. The minimum Gasteiger partial charge on any atom is -0.367 e. The maximum absolute atomic E-state index is 12.2. The fraction of sp³-hybridized carbons (Fsp3) is 0.333. The van der Waals surface area contributed by atoms with Gasteiger partial charge in [-0.1, -0.05) is 29.8 Å². The maximum atomic E-state index is 12.2. The summed E-state index contributed by atoms with van der Waals surface area (Å²) in [6, 6.07) is 7.00. The molecule has 1 N–H and O–H groups in total. The Morgan fingerprint density at radius 1 is 1.17 bits per heavy atom. The number of rotatable bonds is 1. The van der Waals surface area contributed by atoms with E-state index in [0.717, 1.165) is 31.7 Å². The molecule has 6 heteroatoms. The molecule has 96 valence electrons. The molecule has 18 heavy (non-hydrogen) atoms. The first kappa shape index (κ1) is 12.0. The van der Waals surface area contributed by atoms with Crippen molar-refractivity contribution in [2.24, 2.45) is 0 Å². The molecule has 0 bridgehead atoms. The normalized spacial score (nSPS) is 22.2. The molecule has 0 spiro atoms. The summed E-state index contributed by atoms with van der Waals surface area (Å²) < 4.78 is 24.4. The molecular weight excluding hydrogens is 272 g/mol. The fourth-order valence-corrected chi connectivity index (χ4v) is 4.28. The number of nitrogens with one attached hydrogen (secondary N) is 1. The Morgan fingerprint density at radius 2 is 1.83 bits per heavy atom. The lowest BCUT2D eigenvalue weighted by Gasteiger charge is -2.30. The van der Waals surface area contributed by atoms with Gasteiger partial charge in [-0.05, 0) is 6.07 Å². The van der Waals surface area contributed by atoms with E-state index in [0.29, 0.717) is 10.6 Å². The van der Waals surface area contributed by atoms with Gasteiger partial charge in [0.15, 0.2) is 4.36 Å². The molecule has 0 aromatic heterocycles. The van der Waals surface area contributed by atoms with Crippen LogP contribution in [0.25, 0.3) is 5.70 Å². The highest BCUT2D eigenvalue weighted by molar-refractivity contribution is 7.97. The van der Waals surface area contributed by atoms with Crippen LogP contribution in [0.1, 0.15) is 5.56 Å². The Bertz CT molecular complexity index is 619. The number of fused-ring (bicyclic) bond motifs is 1. The van der Waals surface area contributed by atoms with Crippen LogP contribution >= 0.6 is 11.6 Å².